The van der Waals surface area contributed by atoms with E-state index >= 15 is 0 Å². The van der Waals surface area contributed by atoms with E-state index in [1.165, 1.54) is 0 Å². The molecule has 0 aromatic rings. The van der Waals surface area contributed by atoms with Gasteiger partial charge >= 0.3 is 0 Å². The van der Waals surface area contributed by atoms with Crippen molar-refractivity contribution in [1.82, 2.24) is 5.32 Å². The molecule has 0 bridgehead atoms. The molecule has 12 heavy (non-hydrogen) atoms. The van der Waals surface area contributed by atoms with E-state index in [0.717, 1.165) is 25.9 Å². The lowest BCUT2D eigenvalue weighted by molar-refractivity contribution is -0.121. The number of ether oxygens (including phenoxy) is 1. The second kappa shape index (κ2) is 5.14. The quantitative estimate of drug-likeness (QED) is 0.687. The average molecular weight is 171 g/mol. The van der Waals surface area contributed by atoms with E-state index in [0.29, 0.717) is 13.0 Å². The Hall–Kier alpha value is -0.570. The van der Waals surface area contributed by atoms with Gasteiger partial charge in [-0.15, -0.1) is 0 Å². The second-order valence-electron chi connectivity index (χ2n) is 3.19. The third-order valence-electron chi connectivity index (χ3n) is 2.03. The summed E-state index contributed by atoms with van der Waals surface area (Å²) in [7, 11) is 0. The maximum absolute atomic E-state index is 11.0. The van der Waals surface area contributed by atoms with Gasteiger partial charge in [0.25, 0.3) is 0 Å². The van der Waals surface area contributed by atoms with Crippen molar-refractivity contribution >= 4 is 5.91 Å². The molecule has 0 spiro atoms. The van der Waals surface area contributed by atoms with Gasteiger partial charge in [-0.25, -0.2) is 0 Å². The van der Waals surface area contributed by atoms with E-state index in [9.17, 15) is 4.79 Å². The van der Waals surface area contributed by atoms with E-state index in [1.54, 1.807) is 0 Å². The van der Waals surface area contributed by atoms with E-state index < -0.39 is 0 Å². The van der Waals surface area contributed by atoms with Crippen molar-refractivity contribution in [2.75, 3.05) is 13.2 Å². The molecule has 1 rings (SSSR count). The highest BCUT2D eigenvalue weighted by Gasteiger charge is 2.15. The Morgan fingerprint density at radius 3 is 3.08 bits per heavy atom. The minimum atomic E-state index is 0.146. The molecule has 1 aliphatic heterocycles. The summed E-state index contributed by atoms with van der Waals surface area (Å²) in [6, 6.07) is 0. The zero-order chi connectivity index (χ0) is 8.81. The fraction of sp³-hybridized carbons (Fsp3) is 0.889. The average Bonchev–Trinajstić information content (AvgIpc) is 2.53. The lowest BCUT2D eigenvalue weighted by Crippen LogP contribution is -2.31. The molecular formula is C9H17NO2. The number of hydrogen-bond acceptors (Lipinski definition) is 2. The lowest BCUT2D eigenvalue weighted by atomic mass is 10.2. The first-order valence-corrected chi connectivity index (χ1v) is 4.71. The summed E-state index contributed by atoms with van der Waals surface area (Å²) in [4.78, 5) is 11.0. The molecule has 0 saturated carbocycles. The normalized spacial score (nSPS) is 22.6. The van der Waals surface area contributed by atoms with Crippen LogP contribution in [0.25, 0.3) is 0 Å². The van der Waals surface area contributed by atoms with Gasteiger partial charge in [0.05, 0.1) is 6.10 Å². The van der Waals surface area contributed by atoms with Crippen LogP contribution in [0.15, 0.2) is 0 Å². The first-order chi connectivity index (χ1) is 5.83. The van der Waals surface area contributed by atoms with Gasteiger partial charge in [0.2, 0.25) is 5.91 Å². The van der Waals surface area contributed by atoms with Crippen molar-refractivity contribution in [3.63, 3.8) is 0 Å². The third kappa shape index (κ3) is 3.22. The number of nitrogens with one attached hydrogen (secondary N) is 1. The largest absolute Gasteiger partial charge is 0.376 e. The number of carbonyl (C=O) groups excluding carboxylic acids is 1. The van der Waals surface area contributed by atoms with Crippen LogP contribution in [0.5, 0.6) is 0 Å². The Kier molecular flexibility index (Phi) is 4.08. The Morgan fingerprint density at radius 2 is 2.50 bits per heavy atom. The fourth-order valence-corrected chi connectivity index (χ4v) is 1.35. The predicted molar refractivity (Wildman–Crippen MR) is 46.9 cm³/mol. The molecule has 1 saturated heterocycles. The van der Waals surface area contributed by atoms with Crippen molar-refractivity contribution < 1.29 is 9.53 Å². The summed E-state index contributed by atoms with van der Waals surface area (Å²) in [5.74, 6) is 0.146. The molecule has 0 aromatic carbocycles. The van der Waals surface area contributed by atoms with Crippen LogP contribution in [-0.4, -0.2) is 25.2 Å². The van der Waals surface area contributed by atoms with Gasteiger partial charge in [0.15, 0.2) is 0 Å². The first kappa shape index (κ1) is 9.52. The maximum Gasteiger partial charge on any atom is 0.220 e. The minimum absolute atomic E-state index is 0.146. The topological polar surface area (TPSA) is 38.3 Å². The van der Waals surface area contributed by atoms with Gasteiger partial charge in [-0.2, -0.15) is 0 Å². The molecule has 1 amide bonds. The van der Waals surface area contributed by atoms with Gasteiger partial charge in [0, 0.05) is 19.6 Å². The summed E-state index contributed by atoms with van der Waals surface area (Å²) in [5.41, 5.74) is 0. The molecule has 1 fully saturated rings. The minimum Gasteiger partial charge on any atom is -0.376 e. The van der Waals surface area contributed by atoms with Crippen LogP contribution in [0.3, 0.4) is 0 Å². The molecular weight excluding hydrogens is 154 g/mol. The standard InChI is InChI=1S/C9H17NO2/c1-2-4-9(11)10-7-8-5-3-6-12-8/h8H,2-7H2,1H3,(H,10,11). The molecule has 0 aliphatic carbocycles. The van der Waals surface area contributed by atoms with Crippen molar-refractivity contribution in [1.29, 1.82) is 0 Å². The highest BCUT2D eigenvalue weighted by atomic mass is 16.5. The first-order valence-electron chi connectivity index (χ1n) is 4.71. The van der Waals surface area contributed by atoms with Crippen molar-refractivity contribution in [3.8, 4) is 0 Å². The molecule has 1 aliphatic rings. The highest BCUT2D eigenvalue weighted by Crippen LogP contribution is 2.10. The number of rotatable bonds is 4. The molecule has 70 valence electrons. The zero-order valence-electron chi connectivity index (χ0n) is 7.64. The smallest absolute Gasteiger partial charge is 0.220 e. The molecule has 0 radical (unpaired) electrons. The number of amides is 1. The highest BCUT2D eigenvalue weighted by molar-refractivity contribution is 5.75. The predicted octanol–water partition coefficient (Wildman–Crippen LogP) is 1.08. The summed E-state index contributed by atoms with van der Waals surface area (Å²) in [5, 5.41) is 2.86. The Morgan fingerprint density at radius 1 is 1.67 bits per heavy atom. The van der Waals surface area contributed by atoms with Crippen LogP contribution < -0.4 is 5.32 Å². The van der Waals surface area contributed by atoms with E-state index in [2.05, 4.69) is 5.32 Å². The summed E-state index contributed by atoms with van der Waals surface area (Å²) in [6.07, 6.45) is 4.04. The van der Waals surface area contributed by atoms with Gasteiger partial charge in [-0.05, 0) is 19.3 Å². The lowest BCUT2D eigenvalue weighted by Gasteiger charge is -2.09. The van der Waals surface area contributed by atoms with E-state index in [1.807, 2.05) is 6.92 Å². The Balaban J connectivity index is 2.03. The molecule has 1 atom stereocenters. The van der Waals surface area contributed by atoms with Gasteiger partial charge < -0.3 is 10.1 Å². The summed E-state index contributed by atoms with van der Waals surface area (Å²) < 4.78 is 5.37. The van der Waals surface area contributed by atoms with Crippen LogP contribution >= 0.6 is 0 Å². The van der Waals surface area contributed by atoms with E-state index in [-0.39, 0.29) is 12.0 Å². The van der Waals surface area contributed by atoms with Crippen LogP contribution in [0, 0.1) is 0 Å². The van der Waals surface area contributed by atoms with Crippen LogP contribution in [-0.2, 0) is 9.53 Å². The SMILES string of the molecule is CCCC(=O)NCC1CCCO1. The fourth-order valence-electron chi connectivity index (χ4n) is 1.35. The van der Waals surface area contributed by atoms with Gasteiger partial charge in [0.1, 0.15) is 0 Å². The van der Waals surface area contributed by atoms with Gasteiger partial charge in [-0.1, -0.05) is 6.92 Å². The van der Waals surface area contributed by atoms with Crippen molar-refractivity contribution in [3.05, 3.63) is 0 Å². The number of carbonyl (C=O) groups is 1. The van der Waals surface area contributed by atoms with Crippen LogP contribution in [0.1, 0.15) is 32.6 Å². The summed E-state index contributed by atoms with van der Waals surface area (Å²) in [6.45, 7) is 3.55. The number of hydrogen-bond donors (Lipinski definition) is 1. The molecule has 3 nitrogen and oxygen atoms in total. The molecule has 3 heteroatoms. The van der Waals surface area contributed by atoms with Gasteiger partial charge in [-0.3, -0.25) is 4.79 Å². The maximum atomic E-state index is 11.0. The van der Waals surface area contributed by atoms with Crippen molar-refractivity contribution in [2.24, 2.45) is 0 Å². The Bertz CT molecular complexity index is 141. The Labute approximate surface area is 73.5 Å². The summed E-state index contributed by atoms with van der Waals surface area (Å²) >= 11 is 0. The third-order valence-corrected chi connectivity index (χ3v) is 2.03. The van der Waals surface area contributed by atoms with Crippen molar-refractivity contribution in [2.45, 2.75) is 38.7 Å². The molecule has 0 aromatic heterocycles. The molecule has 1 N–H and O–H groups in total. The molecule has 1 heterocycles. The second-order valence-corrected chi connectivity index (χ2v) is 3.19. The molecule has 1 unspecified atom stereocenters. The van der Waals surface area contributed by atoms with E-state index in [4.69, 9.17) is 4.74 Å². The van der Waals surface area contributed by atoms with Crippen LogP contribution in [0.4, 0.5) is 0 Å². The monoisotopic (exact) mass is 171 g/mol. The van der Waals surface area contributed by atoms with Crippen LogP contribution in [0.2, 0.25) is 0 Å². The zero-order valence-corrected chi connectivity index (χ0v) is 7.64.